The molecule has 1 heterocycles. The van der Waals surface area contributed by atoms with Crippen LogP contribution in [0.1, 0.15) is 70.0 Å². The van der Waals surface area contributed by atoms with E-state index in [-0.39, 0.29) is 0 Å². The molecule has 112 valence electrons. The van der Waals surface area contributed by atoms with Crippen molar-refractivity contribution in [3.63, 3.8) is 0 Å². The van der Waals surface area contributed by atoms with Crippen LogP contribution in [0.4, 0.5) is 0 Å². The normalized spacial score (nSPS) is 24.3. The smallest absolute Gasteiger partial charge is 0.0640 e. The summed E-state index contributed by atoms with van der Waals surface area (Å²) in [6, 6.07) is 3.47. The van der Waals surface area contributed by atoms with Gasteiger partial charge < -0.3 is 5.32 Å². The molecular formula is C17H29N3. The van der Waals surface area contributed by atoms with Crippen LogP contribution >= 0.6 is 0 Å². The van der Waals surface area contributed by atoms with Crippen molar-refractivity contribution < 1.29 is 0 Å². The van der Waals surface area contributed by atoms with Crippen LogP contribution in [0.25, 0.3) is 0 Å². The summed E-state index contributed by atoms with van der Waals surface area (Å²) in [4.78, 5) is 0. The van der Waals surface area contributed by atoms with E-state index in [9.17, 15) is 0 Å². The number of aromatic nitrogens is 2. The molecule has 1 atom stereocenters. The van der Waals surface area contributed by atoms with Gasteiger partial charge in [-0.3, -0.25) is 4.68 Å². The average molecular weight is 275 g/mol. The summed E-state index contributed by atoms with van der Waals surface area (Å²) < 4.78 is 2.23. The Morgan fingerprint density at radius 1 is 1.30 bits per heavy atom. The van der Waals surface area contributed by atoms with Gasteiger partial charge in [-0.2, -0.15) is 5.10 Å². The minimum atomic E-state index is 0.464. The lowest BCUT2D eigenvalue weighted by Crippen LogP contribution is -2.42. The van der Waals surface area contributed by atoms with E-state index < -0.39 is 0 Å². The molecule has 1 unspecified atom stereocenters. The molecule has 2 aliphatic rings. The van der Waals surface area contributed by atoms with E-state index in [4.69, 9.17) is 5.10 Å². The number of nitrogens with one attached hydrogen (secondary N) is 1. The van der Waals surface area contributed by atoms with Crippen LogP contribution in [0, 0.1) is 5.41 Å². The van der Waals surface area contributed by atoms with Crippen molar-refractivity contribution in [2.45, 2.75) is 76.8 Å². The van der Waals surface area contributed by atoms with Crippen molar-refractivity contribution in [3.8, 4) is 0 Å². The Balaban J connectivity index is 1.66. The molecule has 1 aromatic heterocycles. The first kappa shape index (κ1) is 14.1. The van der Waals surface area contributed by atoms with E-state index >= 15 is 0 Å². The Morgan fingerprint density at radius 3 is 2.65 bits per heavy atom. The van der Waals surface area contributed by atoms with E-state index in [1.807, 2.05) is 0 Å². The quantitative estimate of drug-likeness (QED) is 0.888. The van der Waals surface area contributed by atoms with Crippen LogP contribution in [0.15, 0.2) is 12.3 Å². The minimum absolute atomic E-state index is 0.464. The molecule has 0 aliphatic heterocycles. The highest BCUT2D eigenvalue weighted by Crippen LogP contribution is 2.41. The maximum absolute atomic E-state index is 4.86. The summed E-state index contributed by atoms with van der Waals surface area (Å²) in [6.07, 6.45) is 14.2. The fraction of sp³-hybridized carbons (Fsp3) is 0.824. The summed E-state index contributed by atoms with van der Waals surface area (Å²) in [5.41, 5.74) is 1.73. The van der Waals surface area contributed by atoms with Crippen LogP contribution < -0.4 is 5.32 Å². The molecule has 1 N–H and O–H groups in total. The lowest BCUT2D eigenvalue weighted by atomic mass is 9.78. The maximum atomic E-state index is 4.86. The molecule has 1 aromatic rings. The topological polar surface area (TPSA) is 29.9 Å². The highest BCUT2D eigenvalue weighted by Gasteiger charge is 2.36. The van der Waals surface area contributed by atoms with Gasteiger partial charge in [-0.1, -0.05) is 32.6 Å². The van der Waals surface area contributed by atoms with Gasteiger partial charge in [-0.25, -0.2) is 0 Å². The second-order valence-corrected chi connectivity index (χ2v) is 7.13. The Bertz CT molecular complexity index is 425. The molecule has 2 aliphatic carbocycles. The Kier molecular flexibility index (Phi) is 4.16. The molecule has 20 heavy (non-hydrogen) atoms. The molecule has 0 radical (unpaired) electrons. The minimum Gasteiger partial charge on any atom is -0.316 e. The highest BCUT2D eigenvalue weighted by atomic mass is 15.3. The van der Waals surface area contributed by atoms with Crippen LogP contribution in [-0.2, 0) is 6.42 Å². The number of rotatable bonds is 5. The fourth-order valence-electron chi connectivity index (χ4n) is 4.30. The number of nitrogens with zero attached hydrogens (tertiary/aromatic N) is 2. The van der Waals surface area contributed by atoms with E-state index in [1.165, 1.54) is 57.1 Å². The van der Waals surface area contributed by atoms with Crippen molar-refractivity contribution in [1.29, 1.82) is 0 Å². The van der Waals surface area contributed by atoms with E-state index in [0.717, 1.165) is 6.42 Å². The second-order valence-electron chi connectivity index (χ2n) is 7.13. The van der Waals surface area contributed by atoms with Crippen LogP contribution in [0.5, 0.6) is 0 Å². The SMILES string of the molecule is CNC(Cc1ccn(C2CCCC2)n1)C1(C)CCCC1. The summed E-state index contributed by atoms with van der Waals surface area (Å²) in [6.45, 7) is 2.45. The van der Waals surface area contributed by atoms with E-state index in [2.05, 4.69) is 36.2 Å². The molecule has 2 saturated carbocycles. The van der Waals surface area contributed by atoms with Gasteiger partial charge in [0.05, 0.1) is 11.7 Å². The molecule has 3 nitrogen and oxygen atoms in total. The van der Waals surface area contributed by atoms with Gasteiger partial charge >= 0.3 is 0 Å². The second kappa shape index (κ2) is 5.88. The predicted molar refractivity (Wildman–Crippen MR) is 82.9 cm³/mol. The zero-order chi connectivity index (χ0) is 14.0. The molecule has 0 aromatic carbocycles. The molecule has 0 amide bonds. The zero-order valence-corrected chi connectivity index (χ0v) is 13.1. The standard InChI is InChI=1S/C17H29N3/c1-17(10-5-6-11-17)16(18-2)13-14-9-12-20(19-14)15-7-3-4-8-15/h9,12,15-16,18H,3-8,10-11,13H2,1-2H3. The van der Waals surface area contributed by atoms with Gasteiger partial charge in [0.15, 0.2) is 0 Å². The van der Waals surface area contributed by atoms with Gasteiger partial charge in [0.2, 0.25) is 0 Å². The first-order chi connectivity index (χ1) is 9.71. The largest absolute Gasteiger partial charge is 0.316 e. The summed E-state index contributed by atoms with van der Waals surface area (Å²) in [7, 11) is 2.11. The molecular weight excluding hydrogens is 246 g/mol. The molecule has 0 spiro atoms. The zero-order valence-electron chi connectivity index (χ0n) is 13.1. The summed E-state index contributed by atoms with van der Waals surface area (Å²) >= 11 is 0. The van der Waals surface area contributed by atoms with Gasteiger partial charge in [-0.05, 0) is 44.2 Å². The number of hydrogen-bond donors (Lipinski definition) is 1. The third-order valence-electron chi connectivity index (χ3n) is 5.71. The van der Waals surface area contributed by atoms with Crippen molar-refractivity contribution >= 4 is 0 Å². The Labute approximate surface area is 123 Å². The van der Waals surface area contributed by atoms with Crippen molar-refractivity contribution in [2.24, 2.45) is 5.41 Å². The maximum Gasteiger partial charge on any atom is 0.0640 e. The van der Waals surface area contributed by atoms with Crippen molar-refractivity contribution in [2.75, 3.05) is 7.05 Å². The summed E-state index contributed by atoms with van der Waals surface area (Å²) in [5, 5.41) is 8.42. The molecule has 0 saturated heterocycles. The van der Waals surface area contributed by atoms with Gasteiger partial charge in [0.25, 0.3) is 0 Å². The molecule has 3 rings (SSSR count). The highest BCUT2D eigenvalue weighted by molar-refractivity contribution is 5.06. The van der Waals surface area contributed by atoms with Crippen molar-refractivity contribution in [1.82, 2.24) is 15.1 Å². The predicted octanol–water partition coefficient (Wildman–Crippen LogP) is 3.71. The molecule has 3 heteroatoms. The van der Waals surface area contributed by atoms with Crippen molar-refractivity contribution in [3.05, 3.63) is 18.0 Å². The fourth-order valence-corrected chi connectivity index (χ4v) is 4.30. The van der Waals surface area contributed by atoms with E-state index in [0.29, 0.717) is 17.5 Å². The van der Waals surface area contributed by atoms with Crippen LogP contribution in [-0.4, -0.2) is 22.9 Å². The lowest BCUT2D eigenvalue weighted by molar-refractivity contribution is 0.227. The third-order valence-corrected chi connectivity index (χ3v) is 5.71. The Morgan fingerprint density at radius 2 is 2.00 bits per heavy atom. The number of likely N-dealkylation sites (N-methyl/N-ethyl adjacent to an activating group) is 1. The third kappa shape index (κ3) is 2.78. The average Bonchev–Trinajstić information content (AvgIpc) is 3.17. The van der Waals surface area contributed by atoms with Crippen LogP contribution in [0.3, 0.4) is 0 Å². The van der Waals surface area contributed by atoms with Crippen LogP contribution in [0.2, 0.25) is 0 Å². The van der Waals surface area contributed by atoms with Gasteiger partial charge in [0.1, 0.15) is 0 Å². The monoisotopic (exact) mass is 275 g/mol. The number of hydrogen-bond acceptors (Lipinski definition) is 2. The van der Waals surface area contributed by atoms with Gasteiger partial charge in [0, 0.05) is 18.7 Å². The Hall–Kier alpha value is -0.830. The summed E-state index contributed by atoms with van der Waals surface area (Å²) in [5.74, 6) is 0. The van der Waals surface area contributed by atoms with E-state index in [1.54, 1.807) is 0 Å². The first-order valence-corrected chi connectivity index (χ1v) is 8.42. The molecule has 2 fully saturated rings. The molecule has 0 bridgehead atoms. The lowest BCUT2D eigenvalue weighted by Gasteiger charge is -2.33. The first-order valence-electron chi connectivity index (χ1n) is 8.42. The van der Waals surface area contributed by atoms with Gasteiger partial charge in [-0.15, -0.1) is 0 Å².